The lowest BCUT2D eigenvalue weighted by Gasteiger charge is -2.24. The molecule has 0 heterocycles. The first-order valence-electron chi connectivity index (χ1n) is 7.05. The van der Waals surface area contributed by atoms with Crippen LogP contribution in [0.1, 0.15) is 12.5 Å². The summed E-state index contributed by atoms with van der Waals surface area (Å²) in [6.07, 6.45) is 0. The van der Waals surface area contributed by atoms with Crippen LogP contribution in [0.4, 0.5) is 11.4 Å². The average molecular weight is 350 g/mol. The Morgan fingerprint density at radius 2 is 2.00 bits per heavy atom. The van der Waals surface area contributed by atoms with E-state index in [2.05, 4.69) is 5.32 Å². The molecule has 2 rings (SSSR count). The molecule has 0 aromatic heterocycles. The number of nitrogens with one attached hydrogen (secondary N) is 1. The minimum absolute atomic E-state index is 0.0363. The van der Waals surface area contributed by atoms with Gasteiger partial charge in [0.2, 0.25) is 0 Å². The van der Waals surface area contributed by atoms with E-state index in [0.29, 0.717) is 28.9 Å². The highest BCUT2D eigenvalue weighted by atomic mass is 35.5. The van der Waals surface area contributed by atoms with Crippen LogP contribution in [0, 0.1) is 10.1 Å². The van der Waals surface area contributed by atoms with Crippen molar-refractivity contribution in [3.8, 4) is 0 Å². The van der Waals surface area contributed by atoms with Crippen LogP contribution in [0.15, 0.2) is 48.5 Å². The molecule has 2 aromatic carbocycles. The van der Waals surface area contributed by atoms with E-state index in [1.54, 1.807) is 0 Å². The summed E-state index contributed by atoms with van der Waals surface area (Å²) in [7, 11) is 0. The van der Waals surface area contributed by atoms with Crippen molar-refractivity contribution in [2.24, 2.45) is 0 Å². The van der Waals surface area contributed by atoms with Crippen molar-refractivity contribution < 1.29 is 4.92 Å². The quantitative estimate of drug-likeness (QED) is 0.490. The summed E-state index contributed by atoms with van der Waals surface area (Å²) in [5.41, 5.74) is 1.52. The van der Waals surface area contributed by atoms with Crippen molar-refractivity contribution in [1.82, 2.24) is 4.90 Å². The van der Waals surface area contributed by atoms with Crippen LogP contribution < -0.4 is 5.32 Å². The van der Waals surface area contributed by atoms with Gasteiger partial charge in [0, 0.05) is 25.2 Å². The van der Waals surface area contributed by atoms with Crippen LogP contribution in [0.2, 0.25) is 5.02 Å². The number of rotatable bonds is 5. The van der Waals surface area contributed by atoms with E-state index >= 15 is 0 Å². The van der Waals surface area contributed by atoms with Crippen molar-refractivity contribution in [2.45, 2.75) is 13.5 Å². The number of non-ortho nitro benzene ring substituents is 1. The van der Waals surface area contributed by atoms with E-state index in [4.69, 9.17) is 23.8 Å². The SMILES string of the molecule is CCN(Cc1ccccc1)C(=S)Nc1cc([N+](=O)[O-])ccc1Cl. The molecule has 0 bridgehead atoms. The van der Waals surface area contributed by atoms with Crippen LogP contribution in [-0.2, 0) is 6.54 Å². The molecule has 5 nitrogen and oxygen atoms in total. The standard InChI is InChI=1S/C16H16ClN3O2S/c1-2-19(11-12-6-4-3-5-7-12)16(23)18-15-10-13(20(21)22)8-9-14(15)17/h3-10H,2,11H2,1H3,(H,18,23). The van der Waals surface area contributed by atoms with Crippen molar-refractivity contribution in [1.29, 1.82) is 0 Å². The molecule has 0 atom stereocenters. The monoisotopic (exact) mass is 349 g/mol. The number of nitrogens with zero attached hydrogens (tertiary/aromatic N) is 2. The molecule has 0 aliphatic carbocycles. The first-order chi connectivity index (χ1) is 11.0. The molecular formula is C16H16ClN3O2S. The zero-order valence-corrected chi connectivity index (χ0v) is 14.1. The molecule has 0 saturated heterocycles. The largest absolute Gasteiger partial charge is 0.345 e. The van der Waals surface area contributed by atoms with Crippen LogP contribution in [0.25, 0.3) is 0 Å². The lowest BCUT2D eigenvalue weighted by molar-refractivity contribution is -0.384. The predicted molar refractivity (Wildman–Crippen MR) is 96.9 cm³/mol. The van der Waals surface area contributed by atoms with Crippen LogP contribution >= 0.6 is 23.8 Å². The molecule has 0 aliphatic heterocycles. The van der Waals surface area contributed by atoms with Gasteiger partial charge < -0.3 is 10.2 Å². The van der Waals surface area contributed by atoms with E-state index in [-0.39, 0.29) is 5.69 Å². The Morgan fingerprint density at radius 3 is 2.61 bits per heavy atom. The van der Waals surface area contributed by atoms with Gasteiger partial charge in [0.05, 0.1) is 15.6 Å². The molecule has 0 unspecified atom stereocenters. The summed E-state index contributed by atoms with van der Waals surface area (Å²) in [6.45, 7) is 3.34. The number of halogens is 1. The number of hydrogen-bond acceptors (Lipinski definition) is 3. The first kappa shape index (κ1) is 17.2. The van der Waals surface area contributed by atoms with Crippen molar-refractivity contribution >= 4 is 40.3 Å². The number of hydrogen-bond donors (Lipinski definition) is 1. The predicted octanol–water partition coefficient (Wildman–Crippen LogP) is 4.47. The highest BCUT2D eigenvalue weighted by molar-refractivity contribution is 7.80. The number of thiocarbonyl (C=S) groups is 1. The third-order valence-electron chi connectivity index (χ3n) is 3.29. The van der Waals surface area contributed by atoms with E-state index in [9.17, 15) is 10.1 Å². The zero-order chi connectivity index (χ0) is 16.8. The summed E-state index contributed by atoms with van der Waals surface area (Å²) in [4.78, 5) is 12.4. The summed E-state index contributed by atoms with van der Waals surface area (Å²) in [5, 5.41) is 14.7. The second-order valence-corrected chi connectivity index (χ2v) is 5.65. The van der Waals surface area contributed by atoms with Crippen molar-refractivity contribution in [2.75, 3.05) is 11.9 Å². The van der Waals surface area contributed by atoms with Gasteiger partial charge in [0.25, 0.3) is 5.69 Å². The minimum atomic E-state index is -0.466. The number of benzene rings is 2. The van der Waals surface area contributed by atoms with Gasteiger partial charge in [0.1, 0.15) is 0 Å². The smallest absolute Gasteiger partial charge is 0.271 e. The maximum Gasteiger partial charge on any atom is 0.271 e. The van der Waals surface area contributed by atoms with Gasteiger partial charge >= 0.3 is 0 Å². The fourth-order valence-electron chi connectivity index (χ4n) is 2.05. The van der Waals surface area contributed by atoms with Crippen molar-refractivity contribution in [3.05, 3.63) is 69.2 Å². The van der Waals surface area contributed by atoms with Gasteiger partial charge in [-0.1, -0.05) is 41.9 Å². The lowest BCUT2D eigenvalue weighted by Crippen LogP contribution is -2.34. The van der Waals surface area contributed by atoms with Crippen LogP contribution in [0.5, 0.6) is 0 Å². The van der Waals surface area contributed by atoms with Crippen LogP contribution in [-0.4, -0.2) is 21.5 Å². The molecule has 7 heteroatoms. The first-order valence-corrected chi connectivity index (χ1v) is 7.83. The fraction of sp³-hybridized carbons (Fsp3) is 0.188. The Balaban J connectivity index is 2.13. The highest BCUT2D eigenvalue weighted by Crippen LogP contribution is 2.27. The topological polar surface area (TPSA) is 58.4 Å². The third-order valence-corrected chi connectivity index (χ3v) is 3.98. The fourth-order valence-corrected chi connectivity index (χ4v) is 2.52. The molecular weight excluding hydrogens is 334 g/mol. The Bertz CT molecular complexity index is 710. The zero-order valence-electron chi connectivity index (χ0n) is 12.5. The summed E-state index contributed by atoms with van der Waals surface area (Å²) in [5.74, 6) is 0. The minimum Gasteiger partial charge on any atom is -0.345 e. The maximum atomic E-state index is 10.9. The molecule has 0 saturated carbocycles. The second-order valence-electron chi connectivity index (χ2n) is 4.85. The normalized spacial score (nSPS) is 10.2. The van der Waals surface area contributed by atoms with Gasteiger partial charge in [-0.3, -0.25) is 10.1 Å². The summed E-state index contributed by atoms with van der Waals surface area (Å²) < 4.78 is 0. The van der Waals surface area contributed by atoms with E-state index in [1.165, 1.54) is 18.2 Å². The Kier molecular flexibility index (Phi) is 5.90. The van der Waals surface area contributed by atoms with Gasteiger partial charge in [-0.2, -0.15) is 0 Å². The highest BCUT2D eigenvalue weighted by Gasteiger charge is 2.13. The average Bonchev–Trinajstić information content (AvgIpc) is 2.55. The molecule has 0 amide bonds. The van der Waals surface area contributed by atoms with Gasteiger partial charge in [-0.05, 0) is 30.8 Å². The Morgan fingerprint density at radius 1 is 1.30 bits per heavy atom. The van der Waals surface area contributed by atoms with E-state index in [0.717, 1.165) is 5.56 Å². The third kappa shape index (κ3) is 4.64. The summed E-state index contributed by atoms with van der Waals surface area (Å²) >= 11 is 11.5. The van der Waals surface area contributed by atoms with E-state index < -0.39 is 4.92 Å². The van der Waals surface area contributed by atoms with Gasteiger partial charge in [-0.25, -0.2) is 0 Å². The molecule has 0 radical (unpaired) electrons. The molecule has 0 spiro atoms. The molecule has 120 valence electrons. The number of nitro benzene ring substituents is 1. The van der Waals surface area contributed by atoms with Gasteiger partial charge in [-0.15, -0.1) is 0 Å². The lowest BCUT2D eigenvalue weighted by atomic mass is 10.2. The van der Waals surface area contributed by atoms with Crippen LogP contribution in [0.3, 0.4) is 0 Å². The van der Waals surface area contributed by atoms with E-state index in [1.807, 2.05) is 42.2 Å². The Labute approximate surface area is 145 Å². The molecule has 2 aromatic rings. The second kappa shape index (κ2) is 7.89. The molecule has 23 heavy (non-hydrogen) atoms. The molecule has 1 N–H and O–H groups in total. The Hall–Kier alpha value is -2.18. The van der Waals surface area contributed by atoms with Gasteiger partial charge in [0.15, 0.2) is 5.11 Å². The number of nitro groups is 1. The summed E-state index contributed by atoms with van der Waals surface area (Å²) in [6, 6.07) is 14.2. The maximum absolute atomic E-state index is 10.9. The molecule has 0 aliphatic rings. The van der Waals surface area contributed by atoms with Crippen molar-refractivity contribution in [3.63, 3.8) is 0 Å². The molecule has 0 fully saturated rings. The number of anilines is 1.